The van der Waals surface area contributed by atoms with Gasteiger partial charge in [0, 0.05) is 13.1 Å². The highest BCUT2D eigenvalue weighted by Crippen LogP contribution is 2.32. The summed E-state index contributed by atoms with van der Waals surface area (Å²) in [7, 11) is 1.72. The van der Waals surface area contributed by atoms with Gasteiger partial charge in [0.2, 0.25) is 0 Å². The standard InChI is InChI=1S/C12H17NO2S/c1-10-3-4-11(14-2)12(9-10)16-13-5-7-15-8-6-13/h3-4,9H,5-8H2,1-2H3. The lowest BCUT2D eigenvalue weighted by Crippen LogP contribution is -2.30. The molecule has 0 aliphatic carbocycles. The molecule has 0 saturated carbocycles. The SMILES string of the molecule is COc1ccc(C)cc1SN1CCOCC1. The van der Waals surface area contributed by atoms with Crippen molar-refractivity contribution >= 4 is 11.9 Å². The van der Waals surface area contributed by atoms with Crippen LogP contribution in [0.1, 0.15) is 5.56 Å². The van der Waals surface area contributed by atoms with Crippen LogP contribution < -0.4 is 4.74 Å². The molecule has 1 aliphatic heterocycles. The van der Waals surface area contributed by atoms with Crippen LogP contribution in [0.5, 0.6) is 5.75 Å². The van der Waals surface area contributed by atoms with E-state index >= 15 is 0 Å². The molecule has 1 fully saturated rings. The fraction of sp³-hybridized carbons (Fsp3) is 0.500. The Morgan fingerprint density at radius 2 is 2.06 bits per heavy atom. The van der Waals surface area contributed by atoms with Gasteiger partial charge in [-0.3, -0.25) is 0 Å². The van der Waals surface area contributed by atoms with Crippen molar-refractivity contribution in [2.24, 2.45) is 0 Å². The highest BCUT2D eigenvalue weighted by atomic mass is 32.2. The van der Waals surface area contributed by atoms with E-state index < -0.39 is 0 Å². The Hall–Kier alpha value is -0.710. The maximum absolute atomic E-state index is 5.36. The van der Waals surface area contributed by atoms with Gasteiger partial charge in [-0.25, -0.2) is 4.31 Å². The van der Waals surface area contributed by atoms with Crippen LogP contribution in [0.3, 0.4) is 0 Å². The first-order valence-corrected chi connectivity index (χ1v) is 6.22. The van der Waals surface area contributed by atoms with Crippen LogP contribution in [-0.2, 0) is 4.74 Å². The predicted octanol–water partition coefficient (Wildman–Crippen LogP) is 2.34. The third-order valence-electron chi connectivity index (χ3n) is 2.52. The van der Waals surface area contributed by atoms with Gasteiger partial charge in [0.15, 0.2) is 0 Å². The Bertz CT molecular complexity index is 351. The van der Waals surface area contributed by atoms with E-state index in [0.717, 1.165) is 32.1 Å². The Balaban J connectivity index is 2.09. The smallest absolute Gasteiger partial charge is 0.133 e. The second-order valence-electron chi connectivity index (χ2n) is 3.79. The summed E-state index contributed by atoms with van der Waals surface area (Å²) < 4.78 is 13.0. The quantitative estimate of drug-likeness (QED) is 0.755. The number of nitrogens with zero attached hydrogens (tertiary/aromatic N) is 1. The molecular weight excluding hydrogens is 222 g/mol. The van der Waals surface area contributed by atoms with Gasteiger partial charge >= 0.3 is 0 Å². The summed E-state index contributed by atoms with van der Waals surface area (Å²) in [5.41, 5.74) is 1.26. The molecule has 0 bridgehead atoms. The lowest BCUT2D eigenvalue weighted by Gasteiger charge is -2.25. The van der Waals surface area contributed by atoms with E-state index in [9.17, 15) is 0 Å². The van der Waals surface area contributed by atoms with Crippen molar-refractivity contribution in [3.8, 4) is 5.75 Å². The summed E-state index contributed by atoms with van der Waals surface area (Å²) in [5, 5.41) is 0. The molecule has 4 heteroatoms. The number of rotatable bonds is 3. The molecule has 3 nitrogen and oxygen atoms in total. The van der Waals surface area contributed by atoms with Gasteiger partial charge in [0.05, 0.1) is 25.2 Å². The molecule has 0 amide bonds. The van der Waals surface area contributed by atoms with Crippen molar-refractivity contribution in [2.75, 3.05) is 33.4 Å². The van der Waals surface area contributed by atoms with Crippen LogP contribution in [0.15, 0.2) is 23.1 Å². The van der Waals surface area contributed by atoms with E-state index in [-0.39, 0.29) is 0 Å². The van der Waals surface area contributed by atoms with Crippen molar-refractivity contribution in [1.82, 2.24) is 4.31 Å². The van der Waals surface area contributed by atoms with Crippen LogP contribution in [0.2, 0.25) is 0 Å². The number of morpholine rings is 1. The van der Waals surface area contributed by atoms with E-state index in [4.69, 9.17) is 9.47 Å². The predicted molar refractivity (Wildman–Crippen MR) is 66.0 cm³/mol. The Morgan fingerprint density at radius 1 is 1.31 bits per heavy atom. The molecular formula is C12H17NO2S. The van der Waals surface area contributed by atoms with Crippen molar-refractivity contribution in [3.05, 3.63) is 23.8 Å². The zero-order chi connectivity index (χ0) is 11.4. The van der Waals surface area contributed by atoms with Gasteiger partial charge in [-0.05, 0) is 36.6 Å². The number of hydrogen-bond acceptors (Lipinski definition) is 4. The van der Waals surface area contributed by atoms with E-state index in [1.165, 1.54) is 10.5 Å². The second kappa shape index (κ2) is 5.57. The van der Waals surface area contributed by atoms with Crippen molar-refractivity contribution in [1.29, 1.82) is 0 Å². The van der Waals surface area contributed by atoms with Crippen LogP contribution in [0.4, 0.5) is 0 Å². The average Bonchev–Trinajstić information content (AvgIpc) is 2.31. The molecule has 1 heterocycles. The van der Waals surface area contributed by atoms with E-state index in [1.54, 1.807) is 19.1 Å². The minimum atomic E-state index is 0.821. The van der Waals surface area contributed by atoms with E-state index in [2.05, 4.69) is 23.4 Å². The zero-order valence-corrected chi connectivity index (χ0v) is 10.5. The summed E-state index contributed by atoms with van der Waals surface area (Å²) in [6.45, 7) is 5.69. The molecule has 0 radical (unpaired) electrons. The number of ether oxygens (including phenoxy) is 2. The molecule has 1 aromatic rings. The molecule has 16 heavy (non-hydrogen) atoms. The lowest BCUT2D eigenvalue weighted by atomic mass is 10.2. The minimum absolute atomic E-state index is 0.821. The Kier molecular flexibility index (Phi) is 4.09. The number of benzene rings is 1. The fourth-order valence-electron chi connectivity index (χ4n) is 1.63. The van der Waals surface area contributed by atoms with Gasteiger partial charge < -0.3 is 9.47 Å². The summed E-state index contributed by atoms with van der Waals surface area (Å²) in [5.74, 6) is 0.946. The van der Waals surface area contributed by atoms with Crippen molar-refractivity contribution < 1.29 is 9.47 Å². The normalized spacial score (nSPS) is 17.4. The summed E-state index contributed by atoms with van der Waals surface area (Å²) in [6.07, 6.45) is 0. The van der Waals surface area contributed by atoms with Crippen molar-refractivity contribution in [2.45, 2.75) is 11.8 Å². The number of methoxy groups -OCH3 is 1. The molecule has 0 aromatic heterocycles. The van der Waals surface area contributed by atoms with E-state index in [1.807, 2.05) is 6.07 Å². The Labute approximate surface area is 101 Å². The minimum Gasteiger partial charge on any atom is -0.496 e. The highest BCUT2D eigenvalue weighted by molar-refractivity contribution is 7.97. The van der Waals surface area contributed by atoms with Gasteiger partial charge in [0.1, 0.15) is 5.75 Å². The second-order valence-corrected chi connectivity index (χ2v) is 4.93. The monoisotopic (exact) mass is 239 g/mol. The van der Waals surface area contributed by atoms with Crippen LogP contribution in [0, 0.1) is 6.92 Å². The number of hydrogen-bond donors (Lipinski definition) is 0. The largest absolute Gasteiger partial charge is 0.496 e. The van der Waals surface area contributed by atoms with Gasteiger partial charge in [0.25, 0.3) is 0 Å². The molecule has 0 N–H and O–H groups in total. The van der Waals surface area contributed by atoms with Gasteiger partial charge in [-0.15, -0.1) is 0 Å². The Morgan fingerprint density at radius 3 is 2.75 bits per heavy atom. The molecule has 2 rings (SSSR count). The number of aryl methyl sites for hydroxylation is 1. The maximum atomic E-state index is 5.36. The van der Waals surface area contributed by atoms with Crippen LogP contribution in [0.25, 0.3) is 0 Å². The molecule has 0 atom stereocenters. The summed E-state index contributed by atoms with van der Waals surface area (Å²) in [4.78, 5) is 1.18. The zero-order valence-electron chi connectivity index (χ0n) is 9.73. The molecule has 1 aliphatic rings. The third-order valence-corrected chi connectivity index (χ3v) is 3.66. The molecule has 1 aromatic carbocycles. The molecule has 88 valence electrons. The molecule has 0 unspecified atom stereocenters. The third kappa shape index (κ3) is 2.90. The fourth-order valence-corrected chi connectivity index (χ4v) is 2.72. The van der Waals surface area contributed by atoms with Crippen LogP contribution >= 0.6 is 11.9 Å². The average molecular weight is 239 g/mol. The summed E-state index contributed by atoms with van der Waals surface area (Å²) >= 11 is 1.76. The molecule has 0 spiro atoms. The lowest BCUT2D eigenvalue weighted by molar-refractivity contribution is 0.0773. The topological polar surface area (TPSA) is 21.7 Å². The first-order valence-electron chi connectivity index (χ1n) is 5.45. The van der Waals surface area contributed by atoms with E-state index in [0.29, 0.717) is 0 Å². The molecule has 1 saturated heterocycles. The first-order chi connectivity index (χ1) is 7.79. The van der Waals surface area contributed by atoms with Crippen LogP contribution in [-0.4, -0.2) is 37.7 Å². The first kappa shape index (κ1) is 11.8. The highest BCUT2D eigenvalue weighted by Gasteiger charge is 2.14. The van der Waals surface area contributed by atoms with Gasteiger partial charge in [-0.2, -0.15) is 0 Å². The summed E-state index contributed by atoms with van der Waals surface area (Å²) in [6, 6.07) is 6.26. The van der Waals surface area contributed by atoms with Crippen molar-refractivity contribution in [3.63, 3.8) is 0 Å². The maximum Gasteiger partial charge on any atom is 0.133 e. The van der Waals surface area contributed by atoms with Gasteiger partial charge in [-0.1, -0.05) is 6.07 Å².